The number of likely N-dealkylation sites (tertiary alicyclic amines) is 1. The van der Waals surface area contributed by atoms with Crippen LogP contribution in [-0.2, 0) is 25.3 Å². The van der Waals surface area contributed by atoms with E-state index in [1.54, 1.807) is 16.5 Å². The fraction of sp³-hybridized carbons (Fsp3) is 0.435. The van der Waals surface area contributed by atoms with E-state index in [0.717, 1.165) is 32.6 Å². The Bertz CT molecular complexity index is 1560. The van der Waals surface area contributed by atoms with Crippen molar-refractivity contribution in [2.75, 3.05) is 13.1 Å². The van der Waals surface area contributed by atoms with Crippen LogP contribution in [0.15, 0.2) is 28.0 Å². The van der Waals surface area contributed by atoms with Gasteiger partial charge < -0.3 is 19.6 Å². The third kappa shape index (κ3) is 3.43. The average Bonchev–Trinajstić information content (AvgIpc) is 3.50. The summed E-state index contributed by atoms with van der Waals surface area (Å²) in [7, 11) is 2.96. The lowest BCUT2D eigenvalue weighted by Crippen LogP contribution is -2.38. The maximum absolute atomic E-state index is 12.9. The van der Waals surface area contributed by atoms with Crippen LogP contribution in [0.3, 0.4) is 0 Å². The average molecular weight is 466 g/mol. The van der Waals surface area contributed by atoms with Gasteiger partial charge in [-0.05, 0) is 31.0 Å². The van der Waals surface area contributed by atoms with Crippen molar-refractivity contribution in [3.63, 3.8) is 0 Å². The van der Waals surface area contributed by atoms with Gasteiger partial charge >= 0.3 is 5.69 Å². The molecule has 1 amide bonds. The van der Waals surface area contributed by atoms with Crippen molar-refractivity contribution in [2.45, 2.75) is 38.8 Å². The number of aromatic amines is 1. The van der Waals surface area contributed by atoms with Crippen molar-refractivity contribution in [3.05, 3.63) is 56.2 Å². The summed E-state index contributed by atoms with van der Waals surface area (Å²) >= 11 is 0. The minimum Gasteiger partial charge on any atom is -0.389 e. The highest BCUT2D eigenvalue weighted by molar-refractivity contribution is 5.80. The smallest absolute Gasteiger partial charge is 0.332 e. The van der Waals surface area contributed by atoms with E-state index >= 15 is 0 Å². The summed E-state index contributed by atoms with van der Waals surface area (Å²) in [5, 5.41) is 10.7. The molecule has 0 bridgehead atoms. The zero-order valence-corrected chi connectivity index (χ0v) is 19.6. The van der Waals surface area contributed by atoms with E-state index in [2.05, 4.69) is 21.0 Å². The van der Waals surface area contributed by atoms with Gasteiger partial charge in [-0.3, -0.25) is 18.7 Å². The molecule has 1 fully saturated rings. The maximum atomic E-state index is 12.9. The number of aliphatic hydroxyl groups excluding tert-OH is 1. The number of nitrogens with one attached hydrogen (secondary N) is 1. The first kappa shape index (κ1) is 22.1. The molecule has 3 aromatic heterocycles. The molecule has 4 aromatic rings. The van der Waals surface area contributed by atoms with Crippen molar-refractivity contribution in [3.8, 4) is 0 Å². The molecule has 34 heavy (non-hydrogen) atoms. The number of fused-ring (bicyclic) bond motifs is 2. The molecule has 1 aromatic carbocycles. The molecular formula is C23H27N7O4. The van der Waals surface area contributed by atoms with Crippen molar-refractivity contribution >= 4 is 28.1 Å². The molecule has 1 saturated heterocycles. The molecule has 178 valence electrons. The number of H-pyrrole nitrogens is 1. The number of benzene rings is 1. The van der Waals surface area contributed by atoms with Crippen LogP contribution in [0, 0.1) is 13.8 Å². The van der Waals surface area contributed by atoms with Gasteiger partial charge in [0, 0.05) is 40.0 Å². The maximum Gasteiger partial charge on any atom is 0.332 e. The third-order valence-electron chi connectivity index (χ3n) is 6.68. The van der Waals surface area contributed by atoms with E-state index in [4.69, 9.17) is 0 Å². The van der Waals surface area contributed by atoms with Crippen molar-refractivity contribution in [1.82, 2.24) is 33.6 Å². The third-order valence-corrected chi connectivity index (χ3v) is 6.68. The highest BCUT2D eigenvalue weighted by atomic mass is 16.3. The largest absolute Gasteiger partial charge is 0.389 e. The molecule has 0 spiro atoms. The van der Waals surface area contributed by atoms with Crippen molar-refractivity contribution in [2.24, 2.45) is 14.1 Å². The number of amides is 1. The number of hydrogen-bond donors (Lipinski definition) is 2. The number of β-amino-alcohol motifs (C(OH)–C–C–N with tert-alkyl or cyclic N) is 1. The summed E-state index contributed by atoms with van der Waals surface area (Å²) in [6.45, 7) is 4.47. The molecular weight excluding hydrogens is 438 g/mol. The molecule has 0 radical (unpaired) electrons. The van der Waals surface area contributed by atoms with Gasteiger partial charge in [-0.1, -0.05) is 6.07 Å². The molecule has 0 unspecified atom stereocenters. The first-order valence-corrected chi connectivity index (χ1v) is 11.2. The topological polar surface area (TPSA) is 131 Å². The molecule has 4 heterocycles. The van der Waals surface area contributed by atoms with Gasteiger partial charge in [0.1, 0.15) is 11.5 Å². The van der Waals surface area contributed by atoms with Crippen LogP contribution in [0.1, 0.15) is 29.4 Å². The van der Waals surface area contributed by atoms with Gasteiger partial charge in [0.25, 0.3) is 5.56 Å². The Morgan fingerprint density at radius 3 is 2.68 bits per heavy atom. The number of aryl methyl sites for hydroxylation is 4. The number of rotatable bonds is 4. The summed E-state index contributed by atoms with van der Waals surface area (Å²) < 4.78 is 3.97. The molecule has 11 heteroatoms. The second kappa shape index (κ2) is 7.94. The van der Waals surface area contributed by atoms with Crippen LogP contribution in [-0.4, -0.2) is 63.8 Å². The standard InChI is InChI=1S/C23H27N7O4/c1-12-7-13(2)19-14(8-12)25-17(26-19)5-6-18(32)29-9-15(16(31)10-29)30-11-24-20-21(30)27(3)23(34)28(4)22(20)33/h7-8,11,15-16,31H,5-6,9-10H2,1-4H3,(H,25,26)/t15-,16-/m0/s1. The SMILES string of the molecule is Cc1cc(C)c2nc(CCC(=O)N3C[C@H](O)[C@@H](n4cnc5c(=O)n(C)c(=O)n(C)c54)C3)[nH]c2c1. The van der Waals surface area contributed by atoms with E-state index in [9.17, 15) is 19.5 Å². The van der Waals surface area contributed by atoms with Gasteiger partial charge in [0.2, 0.25) is 5.91 Å². The minimum absolute atomic E-state index is 0.0934. The van der Waals surface area contributed by atoms with Gasteiger partial charge in [0.15, 0.2) is 5.52 Å². The molecule has 0 saturated carbocycles. The number of carbonyl (C=O) groups is 1. The van der Waals surface area contributed by atoms with E-state index in [1.807, 2.05) is 19.9 Å². The first-order chi connectivity index (χ1) is 16.2. The molecule has 0 aliphatic carbocycles. The second-order valence-corrected chi connectivity index (χ2v) is 9.12. The van der Waals surface area contributed by atoms with E-state index in [0.29, 0.717) is 12.1 Å². The Morgan fingerprint density at radius 2 is 1.91 bits per heavy atom. The summed E-state index contributed by atoms with van der Waals surface area (Å²) in [4.78, 5) is 51.5. The predicted octanol–water partition coefficient (Wildman–Crippen LogP) is 0.304. The monoisotopic (exact) mass is 465 g/mol. The van der Waals surface area contributed by atoms with Crippen molar-refractivity contribution < 1.29 is 9.90 Å². The fourth-order valence-corrected chi connectivity index (χ4v) is 4.91. The fourth-order valence-electron chi connectivity index (χ4n) is 4.91. The van der Waals surface area contributed by atoms with Crippen LogP contribution in [0.2, 0.25) is 0 Å². The zero-order valence-electron chi connectivity index (χ0n) is 19.6. The zero-order chi connectivity index (χ0) is 24.3. The summed E-state index contributed by atoms with van der Waals surface area (Å²) in [5.74, 6) is 0.656. The lowest BCUT2D eigenvalue weighted by Gasteiger charge is -2.18. The minimum atomic E-state index is -0.850. The number of nitrogens with zero attached hydrogens (tertiary/aromatic N) is 6. The second-order valence-electron chi connectivity index (χ2n) is 9.12. The Morgan fingerprint density at radius 1 is 1.15 bits per heavy atom. The van der Waals surface area contributed by atoms with Crippen LogP contribution in [0.4, 0.5) is 0 Å². The molecule has 5 rings (SSSR count). The Balaban J connectivity index is 1.34. The summed E-state index contributed by atoms with van der Waals surface area (Å²) in [6.07, 6.45) is 1.31. The quantitative estimate of drug-likeness (QED) is 0.446. The lowest BCUT2D eigenvalue weighted by molar-refractivity contribution is -0.130. The first-order valence-electron chi connectivity index (χ1n) is 11.2. The highest BCUT2D eigenvalue weighted by Gasteiger charge is 2.36. The Hall–Kier alpha value is -3.73. The van der Waals surface area contributed by atoms with Crippen molar-refractivity contribution in [1.29, 1.82) is 0 Å². The number of aromatic nitrogens is 6. The molecule has 11 nitrogen and oxygen atoms in total. The Kier molecular flexibility index (Phi) is 5.16. The van der Waals surface area contributed by atoms with Gasteiger partial charge in [-0.2, -0.15) is 0 Å². The van der Waals surface area contributed by atoms with E-state index in [-0.39, 0.29) is 30.9 Å². The van der Waals surface area contributed by atoms with Gasteiger partial charge in [-0.25, -0.2) is 14.8 Å². The summed E-state index contributed by atoms with van der Waals surface area (Å²) in [6, 6.07) is 3.61. The Labute approximate surface area is 194 Å². The molecule has 1 aliphatic rings. The number of hydrogen-bond acceptors (Lipinski definition) is 6. The number of imidazole rings is 2. The predicted molar refractivity (Wildman–Crippen MR) is 126 cm³/mol. The number of carbonyl (C=O) groups excluding carboxylic acids is 1. The van der Waals surface area contributed by atoms with E-state index in [1.165, 1.54) is 17.9 Å². The van der Waals surface area contributed by atoms with Crippen LogP contribution in [0.5, 0.6) is 0 Å². The number of aliphatic hydroxyl groups is 1. The molecule has 1 aliphatic heterocycles. The van der Waals surface area contributed by atoms with Gasteiger partial charge in [-0.15, -0.1) is 0 Å². The molecule has 2 atom stereocenters. The van der Waals surface area contributed by atoms with E-state index < -0.39 is 23.4 Å². The van der Waals surface area contributed by atoms with Crippen LogP contribution < -0.4 is 11.2 Å². The molecule has 2 N–H and O–H groups in total. The lowest BCUT2D eigenvalue weighted by atomic mass is 10.1. The highest BCUT2D eigenvalue weighted by Crippen LogP contribution is 2.26. The van der Waals surface area contributed by atoms with Gasteiger partial charge in [0.05, 0.1) is 29.5 Å². The van der Waals surface area contributed by atoms with Crippen LogP contribution >= 0.6 is 0 Å². The summed E-state index contributed by atoms with van der Waals surface area (Å²) in [5.41, 5.74) is 3.62. The van der Waals surface area contributed by atoms with Crippen LogP contribution in [0.25, 0.3) is 22.2 Å². The normalized spacial score (nSPS) is 18.4.